The van der Waals surface area contributed by atoms with E-state index in [2.05, 4.69) is 15.9 Å². The maximum absolute atomic E-state index is 13.2. The summed E-state index contributed by atoms with van der Waals surface area (Å²) < 4.78 is 19.1. The number of rotatable bonds is 4. The molecule has 3 nitrogen and oxygen atoms in total. The second kappa shape index (κ2) is 6.43. The normalized spacial score (nSPS) is 11.0. The van der Waals surface area contributed by atoms with Crippen molar-refractivity contribution in [3.63, 3.8) is 0 Å². The second-order valence-corrected chi connectivity index (χ2v) is 6.02. The summed E-state index contributed by atoms with van der Waals surface area (Å²) in [6.07, 6.45) is 0. The van der Waals surface area contributed by atoms with E-state index in [1.165, 1.54) is 18.2 Å². The van der Waals surface area contributed by atoms with Gasteiger partial charge in [-0.15, -0.1) is 0 Å². The minimum Gasteiger partial charge on any atom is -0.464 e. The van der Waals surface area contributed by atoms with Crippen molar-refractivity contribution < 1.29 is 13.6 Å². The Morgan fingerprint density at radius 2 is 2.05 bits per heavy atom. The Bertz CT molecular complexity index is 651. The van der Waals surface area contributed by atoms with Crippen LogP contribution in [0.25, 0.3) is 0 Å². The van der Waals surface area contributed by atoms with Crippen LogP contribution in [-0.2, 0) is 6.54 Å². The van der Waals surface area contributed by atoms with Gasteiger partial charge >= 0.3 is 0 Å². The highest BCUT2D eigenvalue weighted by Crippen LogP contribution is 2.22. The van der Waals surface area contributed by atoms with Crippen LogP contribution in [0, 0.1) is 12.7 Å². The third kappa shape index (κ3) is 3.73. The zero-order chi connectivity index (χ0) is 15.6. The van der Waals surface area contributed by atoms with Crippen LogP contribution in [0.2, 0.25) is 0 Å². The molecule has 0 N–H and O–H groups in total. The van der Waals surface area contributed by atoms with E-state index in [9.17, 15) is 9.18 Å². The quantitative estimate of drug-likeness (QED) is 0.808. The van der Waals surface area contributed by atoms with Gasteiger partial charge in [-0.05, 0) is 67.0 Å². The van der Waals surface area contributed by atoms with Crippen LogP contribution in [0.3, 0.4) is 0 Å². The lowest BCUT2D eigenvalue weighted by Crippen LogP contribution is -2.36. The lowest BCUT2D eigenvalue weighted by atomic mass is 10.1. The van der Waals surface area contributed by atoms with Crippen LogP contribution in [0.15, 0.2) is 39.2 Å². The largest absolute Gasteiger partial charge is 0.464 e. The van der Waals surface area contributed by atoms with Crippen molar-refractivity contribution in [1.82, 2.24) is 4.90 Å². The highest BCUT2D eigenvalue weighted by Gasteiger charge is 2.22. The molecular weight excluding hydrogens is 337 g/mol. The Morgan fingerprint density at radius 3 is 2.57 bits per heavy atom. The summed E-state index contributed by atoms with van der Waals surface area (Å²) >= 11 is 3.24. The van der Waals surface area contributed by atoms with E-state index in [4.69, 9.17) is 4.42 Å². The van der Waals surface area contributed by atoms with Crippen molar-refractivity contribution in [1.29, 1.82) is 0 Å². The number of carbonyl (C=O) groups is 1. The molecule has 0 aliphatic rings. The zero-order valence-corrected chi connectivity index (χ0v) is 13.8. The number of amides is 1. The summed E-state index contributed by atoms with van der Waals surface area (Å²) in [5, 5.41) is 0. The van der Waals surface area contributed by atoms with Gasteiger partial charge in [0.2, 0.25) is 0 Å². The van der Waals surface area contributed by atoms with Crippen molar-refractivity contribution in [3.8, 4) is 0 Å². The highest BCUT2D eigenvalue weighted by molar-refractivity contribution is 9.10. The molecule has 0 spiro atoms. The molecule has 1 heterocycles. The van der Waals surface area contributed by atoms with Gasteiger partial charge in [-0.3, -0.25) is 4.79 Å². The van der Waals surface area contributed by atoms with E-state index < -0.39 is 0 Å². The molecule has 0 saturated carbocycles. The van der Waals surface area contributed by atoms with Crippen LogP contribution in [0.4, 0.5) is 4.39 Å². The summed E-state index contributed by atoms with van der Waals surface area (Å²) in [4.78, 5) is 14.4. The number of hydrogen-bond acceptors (Lipinski definition) is 2. The first-order chi connectivity index (χ1) is 9.88. The minimum absolute atomic E-state index is 0.000130. The van der Waals surface area contributed by atoms with Gasteiger partial charge in [0.1, 0.15) is 17.3 Å². The first-order valence-corrected chi connectivity index (χ1v) is 7.49. The molecule has 0 atom stereocenters. The fourth-order valence-electron chi connectivity index (χ4n) is 2.04. The van der Waals surface area contributed by atoms with Gasteiger partial charge in [0.15, 0.2) is 0 Å². The van der Waals surface area contributed by atoms with Crippen molar-refractivity contribution >= 4 is 21.8 Å². The number of hydrogen-bond donors (Lipinski definition) is 0. The standard InChI is InChI=1S/C16H17BrFNO2/c1-10(2)19(9-13-6-4-11(3)21-13)16(20)14-7-5-12(18)8-15(14)17/h4-8,10H,9H2,1-3H3. The third-order valence-electron chi connectivity index (χ3n) is 3.17. The van der Waals surface area contributed by atoms with Crippen molar-refractivity contribution in [3.05, 3.63) is 57.7 Å². The molecule has 0 fully saturated rings. The Kier molecular flexibility index (Phi) is 4.83. The Balaban J connectivity index is 2.27. The molecule has 1 aromatic carbocycles. The van der Waals surface area contributed by atoms with Crippen LogP contribution < -0.4 is 0 Å². The number of aryl methyl sites for hydroxylation is 1. The first-order valence-electron chi connectivity index (χ1n) is 6.70. The number of benzene rings is 1. The lowest BCUT2D eigenvalue weighted by Gasteiger charge is -2.26. The molecule has 21 heavy (non-hydrogen) atoms. The van der Waals surface area contributed by atoms with E-state index in [1.54, 1.807) is 4.90 Å². The molecule has 0 bridgehead atoms. The average molecular weight is 354 g/mol. The molecular formula is C16H17BrFNO2. The summed E-state index contributed by atoms with van der Waals surface area (Å²) in [5.41, 5.74) is 0.438. The molecule has 0 aliphatic heterocycles. The number of nitrogens with zero attached hydrogens (tertiary/aromatic N) is 1. The summed E-state index contributed by atoms with van der Waals surface area (Å²) in [7, 11) is 0. The van der Waals surface area contributed by atoms with Crippen molar-refractivity contribution in [2.45, 2.75) is 33.4 Å². The number of halogens is 2. The van der Waals surface area contributed by atoms with Crippen molar-refractivity contribution in [2.24, 2.45) is 0 Å². The van der Waals surface area contributed by atoms with E-state index in [0.29, 0.717) is 16.6 Å². The summed E-state index contributed by atoms with van der Waals surface area (Å²) in [6, 6.07) is 7.80. The van der Waals surface area contributed by atoms with E-state index in [0.717, 1.165) is 11.5 Å². The molecule has 0 aliphatic carbocycles. The van der Waals surface area contributed by atoms with E-state index in [1.807, 2.05) is 32.9 Å². The third-order valence-corrected chi connectivity index (χ3v) is 3.82. The first kappa shape index (κ1) is 15.8. The number of carbonyl (C=O) groups excluding carboxylic acids is 1. The predicted molar refractivity (Wildman–Crippen MR) is 82.6 cm³/mol. The van der Waals surface area contributed by atoms with Gasteiger partial charge in [-0.1, -0.05) is 0 Å². The molecule has 1 aromatic heterocycles. The lowest BCUT2D eigenvalue weighted by molar-refractivity contribution is 0.0674. The smallest absolute Gasteiger partial charge is 0.255 e. The number of furan rings is 1. The summed E-state index contributed by atoms with van der Waals surface area (Å²) in [5.74, 6) is 0.999. The fourth-order valence-corrected chi connectivity index (χ4v) is 2.56. The molecule has 0 radical (unpaired) electrons. The molecule has 2 rings (SSSR count). The van der Waals surface area contributed by atoms with Crippen LogP contribution in [0.5, 0.6) is 0 Å². The Morgan fingerprint density at radius 1 is 1.33 bits per heavy atom. The molecule has 0 saturated heterocycles. The molecule has 5 heteroatoms. The molecule has 1 amide bonds. The van der Waals surface area contributed by atoms with Gasteiger partial charge in [-0.2, -0.15) is 0 Å². The van der Waals surface area contributed by atoms with Gasteiger partial charge in [0.05, 0.1) is 12.1 Å². The zero-order valence-electron chi connectivity index (χ0n) is 12.2. The predicted octanol–water partition coefficient (Wildman–Crippen LogP) is 4.54. The fraction of sp³-hybridized carbons (Fsp3) is 0.312. The Hall–Kier alpha value is -1.62. The maximum Gasteiger partial charge on any atom is 0.255 e. The van der Waals surface area contributed by atoms with E-state index >= 15 is 0 Å². The van der Waals surface area contributed by atoms with E-state index in [-0.39, 0.29) is 17.8 Å². The topological polar surface area (TPSA) is 33.5 Å². The molecule has 0 unspecified atom stereocenters. The van der Waals surface area contributed by atoms with Gasteiger partial charge in [-0.25, -0.2) is 4.39 Å². The average Bonchev–Trinajstić information content (AvgIpc) is 2.80. The Labute approximate surface area is 131 Å². The minimum atomic E-state index is -0.379. The van der Waals surface area contributed by atoms with Gasteiger partial charge in [0.25, 0.3) is 5.91 Å². The van der Waals surface area contributed by atoms with Gasteiger partial charge in [0, 0.05) is 10.5 Å². The van der Waals surface area contributed by atoms with Crippen LogP contribution in [0.1, 0.15) is 35.7 Å². The maximum atomic E-state index is 13.2. The second-order valence-electron chi connectivity index (χ2n) is 5.16. The highest BCUT2D eigenvalue weighted by atomic mass is 79.9. The monoisotopic (exact) mass is 353 g/mol. The molecule has 2 aromatic rings. The SMILES string of the molecule is Cc1ccc(CN(C(=O)c2ccc(F)cc2Br)C(C)C)o1. The van der Waals surface area contributed by atoms with Crippen molar-refractivity contribution in [2.75, 3.05) is 0 Å². The van der Waals surface area contributed by atoms with Gasteiger partial charge < -0.3 is 9.32 Å². The summed E-state index contributed by atoms with van der Waals surface area (Å²) in [6.45, 7) is 6.12. The van der Waals surface area contributed by atoms with Crippen LogP contribution >= 0.6 is 15.9 Å². The molecule has 112 valence electrons. The van der Waals surface area contributed by atoms with Crippen LogP contribution in [-0.4, -0.2) is 16.8 Å².